The Morgan fingerprint density at radius 3 is 2.30 bits per heavy atom. The molecule has 0 spiro atoms. The third kappa shape index (κ3) is 0.917. The highest BCUT2D eigenvalue weighted by atomic mass is 16.1. The maximum atomic E-state index is 10.8. The fourth-order valence-electron chi connectivity index (χ4n) is 1.42. The predicted molar refractivity (Wildman–Crippen MR) is 40.0 cm³/mol. The minimum absolute atomic E-state index is 0.170. The lowest BCUT2D eigenvalue weighted by Crippen LogP contribution is -2.24. The van der Waals surface area contributed by atoms with Gasteiger partial charge in [-0.3, -0.25) is 4.79 Å². The predicted octanol–water partition coefficient (Wildman–Crippen LogP) is 1.11. The highest BCUT2D eigenvalue weighted by Gasteiger charge is 2.56. The van der Waals surface area contributed by atoms with Crippen molar-refractivity contribution in [3.63, 3.8) is 0 Å². The molecule has 2 heteroatoms. The highest BCUT2D eigenvalue weighted by molar-refractivity contribution is 5.87. The van der Waals surface area contributed by atoms with Gasteiger partial charge in [0, 0.05) is 0 Å². The van der Waals surface area contributed by atoms with Gasteiger partial charge in [0.15, 0.2) is 0 Å². The fourth-order valence-corrected chi connectivity index (χ4v) is 1.42. The average Bonchev–Trinajstić information content (AvgIpc) is 2.43. The van der Waals surface area contributed by atoms with Crippen molar-refractivity contribution in [2.75, 3.05) is 0 Å². The van der Waals surface area contributed by atoms with Crippen molar-refractivity contribution in [2.45, 2.75) is 27.2 Å². The van der Waals surface area contributed by atoms with Gasteiger partial charge in [-0.15, -0.1) is 0 Å². The zero-order chi connectivity index (χ0) is 7.94. The number of carbonyl (C=O) groups is 1. The fraction of sp³-hybridized carbons (Fsp3) is 0.750. The second-order valence-electron chi connectivity index (χ2n) is 3.55. The van der Waals surface area contributed by atoms with Crippen LogP contribution in [0.1, 0.15) is 27.2 Å². The Morgan fingerprint density at radius 2 is 2.20 bits per heavy atom. The zero-order valence-electron chi connectivity index (χ0n) is 6.77. The maximum Gasteiger partial charge on any atom is 0.223 e. The van der Waals surface area contributed by atoms with Crippen LogP contribution in [0.25, 0.3) is 0 Å². The van der Waals surface area contributed by atoms with Crippen molar-refractivity contribution < 1.29 is 4.79 Å². The monoisotopic (exact) mass is 140 g/mol. The van der Waals surface area contributed by atoms with Gasteiger partial charge in [0.1, 0.15) is 0 Å². The molecule has 0 bridgehead atoms. The van der Waals surface area contributed by atoms with E-state index in [2.05, 4.69) is 13.8 Å². The van der Waals surface area contributed by atoms with Crippen LogP contribution in [-0.4, -0.2) is 5.91 Å². The van der Waals surface area contributed by atoms with E-state index in [-0.39, 0.29) is 11.3 Å². The van der Waals surface area contributed by atoms with Gasteiger partial charge in [-0.25, -0.2) is 0 Å². The van der Waals surface area contributed by atoms with E-state index < -0.39 is 0 Å². The summed E-state index contributed by atoms with van der Waals surface area (Å²) in [6, 6.07) is 0. The normalized spacial score (nSPS) is 32.8. The number of amides is 1. The number of carbonyl (C=O) groups excluding carboxylic acids is 1. The van der Waals surface area contributed by atoms with Crippen LogP contribution in [0.4, 0.5) is 0 Å². The lowest BCUT2D eigenvalue weighted by Gasteiger charge is -2.07. The number of rotatable bonds is 2. The lowest BCUT2D eigenvalue weighted by atomic mass is 9.99. The Balaban J connectivity index is 2.56. The van der Waals surface area contributed by atoms with Crippen LogP contribution in [0, 0.1) is 17.3 Å². The number of nitrogens with two attached hydrogens (primary N) is 1. The molecule has 1 fully saturated rings. The van der Waals surface area contributed by atoms with Crippen LogP contribution in [0.2, 0.25) is 0 Å². The van der Waals surface area contributed by atoms with Crippen molar-refractivity contribution in [1.29, 1.82) is 0 Å². The van der Waals surface area contributed by atoms with E-state index in [1.807, 2.05) is 6.92 Å². The Bertz CT molecular complexity index is 165. The SMILES string of the molecule is CC(C)[C]1CC1(C)C(N)=O. The van der Waals surface area contributed by atoms with Gasteiger partial charge in [-0.05, 0) is 18.3 Å². The quantitative estimate of drug-likeness (QED) is 0.613. The van der Waals surface area contributed by atoms with Crippen molar-refractivity contribution in [2.24, 2.45) is 17.1 Å². The summed E-state index contributed by atoms with van der Waals surface area (Å²) in [7, 11) is 0. The van der Waals surface area contributed by atoms with Crippen molar-refractivity contribution >= 4 is 5.91 Å². The first-order valence-corrected chi connectivity index (χ1v) is 3.64. The summed E-state index contributed by atoms with van der Waals surface area (Å²) < 4.78 is 0. The molecule has 1 atom stereocenters. The molecule has 0 aromatic heterocycles. The molecule has 1 aliphatic carbocycles. The summed E-state index contributed by atoms with van der Waals surface area (Å²) in [5, 5.41) is 0. The molecule has 1 amide bonds. The van der Waals surface area contributed by atoms with Gasteiger partial charge in [0.05, 0.1) is 5.41 Å². The van der Waals surface area contributed by atoms with E-state index >= 15 is 0 Å². The van der Waals surface area contributed by atoms with Gasteiger partial charge in [-0.1, -0.05) is 20.8 Å². The molecular weight excluding hydrogens is 126 g/mol. The zero-order valence-corrected chi connectivity index (χ0v) is 6.77. The molecule has 0 saturated heterocycles. The molecule has 1 aliphatic rings. The Morgan fingerprint density at radius 1 is 1.70 bits per heavy atom. The highest BCUT2D eigenvalue weighted by Crippen LogP contribution is 2.57. The van der Waals surface area contributed by atoms with Crippen molar-refractivity contribution in [3.05, 3.63) is 5.92 Å². The standard InChI is InChI=1S/C8H14NO/c1-5(2)6-4-8(6,3)7(9)10/h5H,4H2,1-3H3,(H2,9,10). The second kappa shape index (κ2) is 1.97. The lowest BCUT2D eigenvalue weighted by molar-refractivity contribution is -0.122. The van der Waals surface area contributed by atoms with Gasteiger partial charge in [-0.2, -0.15) is 0 Å². The molecule has 1 rings (SSSR count). The van der Waals surface area contributed by atoms with Crippen LogP contribution in [-0.2, 0) is 4.79 Å². The largest absolute Gasteiger partial charge is 0.369 e. The molecule has 0 aromatic rings. The number of hydrogen-bond donors (Lipinski definition) is 1. The summed E-state index contributed by atoms with van der Waals surface area (Å²) in [5.41, 5.74) is 4.94. The summed E-state index contributed by atoms with van der Waals surface area (Å²) in [5.74, 6) is 1.65. The van der Waals surface area contributed by atoms with Crippen molar-refractivity contribution in [1.82, 2.24) is 0 Å². The summed E-state index contributed by atoms with van der Waals surface area (Å²) in [6.45, 7) is 6.12. The number of primary amides is 1. The van der Waals surface area contributed by atoms with E-state index in [1.54, 1.807) is 0 Å². The van der Waals surface area contributed by atoms with Crippen LogP contribution < -0.4 is 5.73 Å². The van der Waals surface area contributed by atoms with E-state index in [9.17, 15) is 4.79 Å². The van der Waals surface area contributed by atoms with E-state index in [1.165, 1.54) is 5.92 Å². The Kier molecular flexibility index (Phi) is 1.50. The van der Waals surface area contributed by atoms with Crippen LogP contribution >= 0.6 is 0 Å². The first kappa shape index (κ1) is 7.58. The molecule has 2 nitrogen and oxygen atoms in total. The summed E-state index contributed by atoms with van der Waals surface area (Å²) in [6.07, 6.45) is 0.903. The van der Waals surface area contributed by atoms with Crippen LogP contribution in [0.5, 0.6) is 0 Å². The first-order chi connectivity index (χ1) is 4.48. The summed E-state index contributed by atoms with van der Waals surface area (Å²) >= 11 is 0. The second-order valence-corrected chi connectivity index (χ2v) is 3.55. The van der Waals surface area contributed by atoms with Gasteiger partial charge < -0.3 is 5.73 Å². The average molecular weight is 140 g/mol. The van der Waals surface area contributed by atoms with E-state index in [0.717, 1.165) is 6.42 Å². The smallest absolute Gasteiger partial charge is 0.223 e. The third-order valence-electron chi connectivity index (χ3n) is 2.37. The topological polar surface area (TPSA) is 43.1 Å². The van der Waals surface area contributed by atoms with E-state index in [0.29, 0.717) is 5.92 Å². The molecule has 0 aliphatic heterocycles. The molecule has 57 valence electrons. The third-order valence-corrected chi connectivity index (χ3v) is 2.37. The molecule has 1 saturated carbocycles. The molecule has 2 N–H and O–H groups in total. The van der Waals surface area contributed by atoms with E-state index in [4.69, 9.17) is 5.73 Å². The molecular formula is C8H14NO. The number of hydrogen-bond acceptors (Lipinski definition) is 1. The maximum absolute atomic E-state index is 10.8. The molecule has 1 unspecified atom stereocenters. The first-order valence-electron chi connectivity index (χ1n) is 3.64. The van der Waals surface area contributed by atoms with Gasteiger partial charge in [0.25, 0.3) is 0 Å². The Hall–Kier alpha value is -0.530. The van der Waals surface area contributed by atoms with Crippen molar-refractivity contribution in [3.8, 4) is 0 Å². The van der Waals surface area contributed by atoms with Crippen LogP contribution in [0.3, 0.4) is 0 Å². The van der Waals surface area contributed by atoms with Gasteiger partial charge >= 0.3 is 0 Å². The summed E-state index contributed by atoms with van der Waals surface area (Å²) in [4.78, 5) is 10.8. The molecule has 0 aromatic carbocycles. The molecule has 0 heterocycles. The molecule has 10 heavy (non-hydrogen) atoms. The van der Waals surface area contributed by atoms with Gasteiger partial charge in [0.2, 0.25) is 5.91 Å². The minimum atomic E-state index is -0.256. The Labute approximate surface area is 61.8 Å². The minimum Gasteiger partial charge on any atom is -0.369 e. The van der Waals surface area contributed by atoms with Crippen LogP contribution in [0.15, 0.2) is 0 Å². The molecule has 1 radical (unpaired) electrons.